The molecule has 0 atom stereocenters. The Morgan fingerprint density at radius 1 is 0.943 bits per heavy atom. The van der Waals surface area contributed by atoms with Crippen LogP contribution in [-0.2, 0) is 11.0 Å². The van der Waals surface area contributed by atoms with E-state index in [0.29, 0.717) is 16.8 Å². The average molecular weight is 484 g/mol. The molecule has 1 N–H and O–H groups in total. The quantitative estimate of drug-likeness (QED) is 0.320. The molecular weight excluding hydrogens is 451 g/mol. The Bertz CT molecular complexity index is 1220. The molecule has 6 heteroatoms. The summed E-state index contributed by atoms with van der Waals surface area (Å²) in [5, 5.41) is 2.63. The number of methoxy groups -OCH3 is 1. The number of ether oxygens (including phenoxy) is 1. The van der Waals surface area contributed by atoms with Crippen molar-refractivity contribution < 1.29 is 22.7 Å². The lowest BCUT2D eigenvalue weighted by Gasteiger charge is -2.13. The zero-order chi connectivity index (χ0) is 26.3. The molecule has 0 radical (unpaired) electrons. The van der Waals surface area contributed by atoms with E-state index in [4.69, 9.17) is 4.74 Å². The molecule has 0 aliphatic heterocycles. The molecule has 0 unspecified atom stereocenters. The van der Waals surface area contributed by atoms with Gasteiger partial charge >= 0.3 is 6.18 Å². The van der Waals surface area contributed by atoms with Gasteiger partial charge in [0, 0.05) is 11.8 Å². The van der Waals surface area contributed by atoms with Crippen LogP contribution in [-0.4, -0.2) is 13.0 Å². The smallest absolute Gasteiger partial charge is 0.416 e. The fourth-order valence-corrected chi connectivity index (χ4v) is 3.56. The number of rotatable bonds is 7. The van der Waals surface area contributed by atoms with Crippen LogP contribution in [0.5, 0.6) is 5.75 Å². The summed E-state index contributed by atoms with van der Waals surface area (Å²) >= 11 is 0. The van der Waals surface area contributed by atoms with Gasteiger partial charge in [-0.2, -0.15) is 13.2 Å². The molecule has 2 rings (SSSR count). The number of carbonyl (C=O) groups excluding carboxylic acids is 1. The Hall–Kier alpha value is -3.54. The highest BCUT2D eigenvalue weighted by Crippen LogP contribution is 2.31. The Balaban J connectivity index is 2.05. The number of amides is 1. The highest BCUT2D eigenvalue weighted by atomic mass is 19.4. The first kappa shape index (κ1) is 27.7. The van der Waals surface area contributed by atoms with Gasteiger partial charge in [-0.15, -0.1) is 0 Å². The third kappa shape index (κ3) is 7.74. The second kappa shape index (κ2) is 11.7. The van der Waals surface area contributed by atoms with E-state index in [1.807, 2.05) is 38.1 Å². The van der Waals surface area contributed by atoms with Crippen LogP contribution in [0, 0.1) is 27.7 Å². The third-order valence-electron chi connectivity index (χ3n) is 5.73. The molecule has 35 heavy (non-hydrogen) atoms. The molecule has 186 valence electrons. The number of aryl methyl sites for hydroxylation is 2. The first-order chi connectivity index (χ1) is 16.3. The van der Waals surface area contributed by atoms with E-state index in [1.165, 1.54) is 24.6 Å². The average Bonchev–Trinajstić information content (AvgIpc) is 2.76. The molecule has 0 heterocycles. The van der Waals surface area contributed by atoms with Crippen LogP contribution in [0.1, 0.15) is 47.2 Å². The standard InChI is InChI=1S/C29H32F3NO2/c1-18(11-13-25-20(3)17-27(35-7)23(6)22(25)5)9-8-10-19(2)15-28(34)33-26-14-12-24(16-21(26)4)29(30,31)32/h8-17H,1-7H3,(H,33,34)/b10-8+,13-11+,18-9+,19-15+. The van der Waals surface area contributed by atoms with Crippen LogP contribution < -0.4 is 10.1 Å². The summed E-state index contributed by atoms with van der Waals surface area (Å²) in [4.78, 5) is 12.3. The van der Waals surface area contributed by atoms with Gasteiger partial charge in [-0.25, -0.2) is 0 Å². The topological polar surface area (TPSA) is 38.3 Å². The molecule has 3 nitrogen and oxygen atoms in total. The number of carbonyl (C=O) groups is 1. The van der Waals surface area contributed by atoms with Crippen molar-refractivity contribution in [2.24, 2.45) is 0 Å². The van der Waals surface area contributed by atoms with Gasteiger partial charge in [0.05, 0.1) is 12.7 Å². The van der Waals surface area contributed by atoms with Crippen molar-refractivity contribution >= 4 is 17.7 Å². The van der Waals surface area contributed by atoms with E-state index in [9.17, 15) is 18.0 Å². The molecule has 0 bridgehead atoms. The zero-order valence-electron chi connectivity index (χ0n) is 21.2. The number of anilines is 1. The fourth-order valence-electron chi connectivity index (χ4n) is 3.56. The highest BCUT2D eigenvalue weighted by molar-refractivity contribution is 6.00. The minimum absolute atomic E-state index is 0.344. The van der Waals surface area contributed by atoms with Crippen molar-refractivity contribution in [1.29, 1.82) is 0 Å². The summed E-state index contributed by atoms with van der Waals surface area (Å²) in [6.45, 7) is 11.5. The zero-order valence-corrected chi connectivity index (χ0v) is 21.2. The largest absolute Gasteiger partial charge is 0.496 e. The van der Waals surface area contributed by atoms with Crippen molar-refractivity contribution in [3.05, 3.63) is 99.2 Å². The number of halogens is 3. The number of alkyl halides is 3. The Morgan fingerprint density at radius 3 is 2.23 bits per heavy atom. The summed E-state index contributed by atoms with van der Waals surface area (Å²) in [7, 11) is 1.67. The number of hydrogen-bond acceptors (Lipinski definition) is 2. The van der Waals surface area contributed by atoms with Gasteiger partial charge in [-0.05, 0) is 99.2 Å². The molecule has 0 fully saturated rings. The van der Waals surface area contributed by atoms with Gasteiger partial charge in [0.1, 0.15) is 5.75 Å². The summed E-state index contributed by atoms with van der Waals surface area (Å²) in [6, 6.07) is 5.27. The third-order valence-corrected chi connectivity index (χ3v) is 5.73. The monoisotopic (exact) mass is 483 g/mol. The Labute approximate surface area is 205 Å². The number of allylic oxidation sites excluding steroid dienone is 6. The van der Waals surface area contributed by atoms with Crippen molar-refractivity contribution in [3.63, 3.8) is 0 Å². The van der Waals surface area contributed by atoms with Gasteiger partial charge < -0.3 is 10.1 Å². The second-order valence-electron chi connectivity index (χ2n) is 8.57. The molecule has 2 aromatic carbocycles. The predicted octanol–water partition coefficient (Wildman–Crippen LogP) is 8.05. The Morgan fingerprint density at radius 2 is 1.63 bits per heavy atom. The molecule has 0 saturated carbocycles. The minimum Gasteiger partial charge on any atom is -0.496 e. The molecule has 0 aliphatic carbocycles. The van der Waals surface area contributed by atoms with E-state index in [2.05, 4.69) is 25.2 Å². The van der Waals surface area contributed by atoms with Gasteiger partial charge in [-0.3, -0.25) is 4.79 Å². The van der Waals surface area contributed by atoms with Gasteiger partial charge in [-0.1, -0.05) is 36.0 Å². The summed E-state index contributed by atoms with van der Waals surface area (Å²) < 4.78 is 43.8. The molecule has 0 spiro atoms. The van der Waals surface area contributed by atoms with Crippen LogP contribution in [0.15, 0.2) is 65.8 Å². The maximum atomic E-state index is 12.8. The molecule has 0 saturated heterocycles. The first-order valence-electron chi connectivity index (χ1n) is 11.2. The van der Waals surface area contributed by atoms with E-state index >= 15 is 0 Å². The van der Waals surface area contributed by atoms with Crippen LogP contribution in [0.2, 0.25) is 0 Å². The van der Waals surface area contributed by atoms with E-state index in [0.717, 1.165) is 40.1 Å². The van der Waals surface area contributed by atoms with Crippen LogP contribution >= 0.6 is 0 Å². The second-order valence-corrected chi connectivity index (χ2v) is 8.57. The number of nitrogens with one attached hydrogen (secondary N) is 1. The fraction of sp³-hybridized carbons (Fsp3) is 0.276. The van der Waals surface area contributed by atoms with Crippen molar-refractivity contribution in [2.45, 2.75) is 47.7 Å². The molecule has 1 amide bonds. The SMILES string of the molecule is COc1cc(C)c(/C=C/C(C)=C/C=C/C(C)=C/C(=O)Nc2ccc(C(F)(F)F)cc2C)c(C)c1C. The lowest BCUT2D eigenvalue weighted by molar-refractivity contribution is -0.137. The van der Waals surface area contributed by atoms with Crippen LogP contribution in [0.3, 0.4) is 0 Å². The molecule has 2 aromatic rings. The maximum absolute atomic E-state index is 12.8. The molecular formula is C29H32F3NO2. The maximum Gasteiger partial charge on any atom is 0.416 e. The van der Waals surface area contributed by atoms with Gasteiger partial charge in [0.15, 0.2) is 0 Å². The summed E-state index contributed by atoms with van der Waals surface area (Å²) in [6.07, 6.45) is 6.68. The van der Waals surface area contributed by atoms with E-state index in [1.54, 1.807) is 20.1 Å². The van der Waals surface area contributed by atoms with Crippen LogP contribution in [0.4, 0.5) is 18.9 Å². The highest BCUT2D eigenvalue weighted by Gasteiger charge is 2.30. The molecule has 0 aromatic heterocycles. The summed E-state index contributed by atoms with van der Waals surface area (Å²) in [5.41, 5.74) is 6.27. The van der Waals surface area contributed by atoms with Crippen molar-refractivity contribution in [2.75, 3.05) is 12.4 Å². The van der Waals surface area contributed by atoms with Gasteiger partial charge in [0.25, 0.3) is 0 Å². The van der Waals surface area contributed by atoms with E-state index < -0.39 is 17.6 Å². The summed E-state index contributed by atoms with van der Waals surface area (Å²) in [5.74, 6) is 0.476. The van der Waals surface area contributed by atoms with Crippen molar-refractivity contribution in [3.8, 4) is 5.75 Å². The molecule has 0 aliphatic rings. The number of hydrogen-bond donors (Lipinski definition) is 1. The van der Waals surface area contributed by atoms with E-state index in [-0.39, 0.29) is 0 Å². The normalized spacial score (nSPS) is 13.1. The Kier molecular flexibility index (Phi) is 9.29. The number of benzene rings is 2. The van der Waals surface area contributed by atoms with Crippen LogP contribution in [0.25, 0.3) is 6.08 Å². The van der Waals surface area contributed by atoms with Crippen molar-refractivity contribution in [1.82, 2.24) is 0 Å². The lowest BCUT2D eigenvalue weighted by atomic mass is 9.96. The van der Waals surface area contributed by atoms with Gasteiger partial charge in [0.2, 0.25) is 5.91 Å². The minimum atomic E-state index is -4.42. The lowest BCUT2D eigenvalue weighted by Crippen LogP contribution is -2.11. The predicted molar refractivity (Wildman–Crippen MR) is 138 cm³/mol. The first-order valence-corrected chi connectivity index (χ1v) is 11.2.